The van der Waals surface area contributed by atoms with E-state index in [1.54, 1.807) is 0 Å². The highest BCUT2D eigenvalue weighted by Gasteiger charge is 2.28. The number of hydrogen-bond acceptors (Lipinski definition) is 7. The highest BCUT2D eigenvalue weighted by Crippen LogP contribution is 2.29. The topological polar surface area (TPSA) is 137 Å². The smallest absolute Gasteiger partial charge is 0.325 e. The molecule has 1 aromatic carbocycles. The third-order valence-corrected chi connectivity index (χ3v) is 5.45. The number of hydrogen-bond donors (Lipinski definition) is 2. The van der Waals surface area contributed by atoms with Crippen LogP contribution in [0.25, 0.3) is 0 Å². The van der Waals surface area contributed by atoms with Crippen molar-refractivity contribution in [2.24, 2.45) is 11.8 Å². The molecule has 0 aromatic heterocycles. The number of nitro benzene ring substituents is 1. The van der Waals surface area contributed by atoms with Crippen LogP contribution in [0.1, 0.15) is 43.5 Å². The van der Waals surface area contributed by atoms with Crippen LogP contribution in [0.15, 0.2) is 18.2 Å². The molecule has 1 saturated carbocycles. The molecule has 1 aliphatic rings. The number of nitro groups is 1. The number of carbonyl (C=O) groups is 3. The highest BCUT2D eigenvalue weighted by atomic mass is 16.6. The van der Waals surface area contributed by atoms with E-state index in [2.05, 4.69) is 24.5 Å². The Morgan fingerprint density at radius 3 is 2.63 bits per heavy atom. The van der Waals surface area contributed by atoms with Crippen LogP contribution < -0.4 is 15.4 Å². The lowest BCUT2D eigenvalue weighted by Gasteiger charge is -2.34. The summed E-state index contributed by atoms with van der Waals surface area (Å²) in [6.07, 6.45) is 3.08. The molecule has 0 unspecified atom stereocenters. The lowest BCUT2D eigenvalue weighted by Crippen LogP contribution is -2.45. The highest BCUT2D eigenvalue weighted by molar-refractivity contribution is 5.97. The molecule has 1 fully saturated rings. The Bertz CT molecular complexity index is 812. The molecule has 164 valence electrons. The summed E-state index contributed by atoms with van der Waals surface area (Å²) in [6, 6.07) is 3.75. The van der Waals surface area contributed by atoms with E-state index in [1.807, 2.05) is 0 Å². The van der Waals surface area contributed by atoms with E-state index >= 15 is 0 Å². The lowest BCUT2D eigenvalue weighted by atomic mass is 9.78. The number of nitrogens with one attached hydrogen (secondary N) is 2. The summed E-state index contributed by atoms with van der Waals surface area (Å²) in [5, 5.41) is 16.2. The molecule has 2 rings (SSSR count). The molecule has 0 saturated heterocycles. The maximum absolute atomic E-state index is 12.1. The van der Waals surface area contributed by atoms with Crippen molar-refractivity contribution in [1.29, 1.82) is 0 Å². The van der Waals surface area contributed by atoms with Crippen LogP contribution in [-0.4, -0.2) is 49.0 Å². The Balaban J connectivity index is 1.79. The number of esters is 1. The van der Waals surface area contributed by atoms with Crippen LogP contribution in [0.4, 0.5) is 5.69 Å². The Labute approximate surface area is 174 Å². The quantitative estimate of drug-likeness (QED) is 0.371. The lowest BCUT2D eigenvalue weighted by molar-refractivity contribution is -0.385. The molecule has 1 aliphatic carbocycles. The first-order valence-electron chi connectivity index (χ1n) is 9.78. The van der Waals surface area contributed by atoms with Crippen molar-refractivity contribution in [2.45, 2.75) is 39.2 Å². The van der Waals surface area contributed by atoms with Crippen LogP contribution in [0.3, 0.4) is 0 Å². The zero-order valence-electron chi connectivity index (χ0n) is 17.3. The van der Waals surface area contributed by atoms with Gasteiger partial charge in [0.2, 0.25) is 0 Å². The van der Waals surface area contributed by atoms with E-state index in [0.717, 1.165) is 25.3 Å². The molecule has 0 heterocycles. The van der Waals surface area contributed by atoms with Gasteiger partial charge in [-0.25, -0.2) is 0 Å². The van der Waals surface area contributed by atoms with E-state index < -0.39 is 30.0 Å². The summed E-state index contributed by atoms with van der Waals surface area (Å²) in [5.41, 5.74) is -0.371. The third-order valence-electron chi connectivity index (χ3n) is 5.45. The number of benzene rings is 1. The van der Waals surface area contributed by atoms with Gasteiger partial charge in [0.05, 0.1) is 12.0 Å². The molecule has 10 nitrogen and oxygen atoms in total. The summed E-state index contributed by atoms with van der Waals surface area (Å²) >= 11 is 0. The van der Waals surface area contributed by atoms with Gasteiger partial charge >= 0.3 is 11.7 Å². The third kappa shape index (κ3) is 6.16. The van der Waals surface area contributed by atoms with E-state index in [1.165, 1.54) is 19.2 Å². The summed E-state index contributed by atoms with van der Waals surface area (Å²) in [5.74, 6) is -0.962. The molecule has 1 aromatic rings. The van der Waals surface area contributed by atoms with Crippen LogP contribution in [0.2, 0.25) is 0 Å². The Morgan fingerprint density at radius 1 is 1.23 bits per heavy atom. The van der Waals surface area contributed by atoms with Gasteiger partial charge in [0, 0.05) is 17.7 Å². The van der Waals surface area contributed by atoms with E-state index in [4.69, 9.17) is 9.47 Å². The molecule has 2 amide bonds. The number of ether oxygens (including phenoxy) is 2. The minimum Gasteiger partial charge on any atom is -0.490 e. The summed E-state index contributed by atoms with van der Waals surface area (Å²) in [6.45, 7) is 3.35. The van der Waals surface area contributed by atoms with Crippen molar-refractivity contribution < 1.29 is 28.8 Å². The fourth-order valence-electron chi connectivity index (χ4n) is 3.46. The van der Waals surface area contributed by atoms with Crippen LogP contribution in [0.5, 0.6) is 5.75 Å². The fourth-order valence-corrected chi connectivity index (χ4v) is 3.46. The van der Waals surface area contributed by atoms with Gasteiger partial charge in [-0.3, -0.25) is 24.5 Å². The van der Waals surface area contributed by atoms with Gasteiger partial charge in [0.25, 0.3) is 11.8 Å². The second-order valence-electron chi connectivity index (χ2n) is 7.43. The SMILES string of the molecule is COc1ccc(C(=O)NCC(=O)OCC(=O)N[C@H]2CCC[C@@H](C)[C@H]2C)cc1[N+](=O)[O-]. The second kappa shape index (κ2) is 10.6. The first-order chi connectivity index (χ1) is 14.2. The number of amides is 2. The predicted molar refractivity (Wildman–Crippen MR) is 107 cm³/mol. The number of carbonyl (C=O) groups excluding carboxylic acids is 3. The number of nitrogens with zero attached hydrogens (tertiary/aromatic N) is 1. The zero-order valence-corrected chi connectivity index (χ0v) is 17.3. The van der Waals surface area contributed by atoms with Crippen molar-refractivity contribution in [2.75, 3.05) is 20.3 Å². The van der Waals surface area contributed by atoms with Gasteiger partial charge in [0.1, 0.15) is 6.54 Å². The minimum absolute atomic E-state index is 0.00607. The largest absolute Gasteiger partial charge is 0.490 e. The van der Waals surface area contributed by atoms with Crippen molar-refractivity contribution in [3.8, 4) is 5.75 Å². The van der Waals surface area contributed by atoms with Crippen molar-refractivity contribution >= 4 is 23.5 Å². The molecule has 0 bridgehead atoms. The molecule has 3 atom stereocenters. The van der Waals surface area contributed by atoms with E-state index in [9.17, 15) is 24.5 Å². The van der Waals surface area contributed by atoms with Crippen molar-refractivity contribution in [1.82, 2.24) is 10.6 Å². The Kier molecular flexibility index (Phi) is 8.14. The second-order valence-corrected chi connectivity index (χ2v) is 7.43. The van der Waals surface area contributed by atoms with Gasteiger partial charge in [-0.05, 0) is 30.4 Å². The number of rotatable bonds is 8. The van der Waals surface area contributed by atoms with Gasteiger partial charge in [0.15, 0.2) is 12.4 Å². The molecule has 0 spiro atoms. The van der Waals surface area contributed by atoms with Gasteiger partial charge in [-0.1, -0.05) is 26.7 Å². The fraction of sp³-hybridized carbons (Fsp3) is 0.550. The monoisotopic (exact) mass is 421 g/mol. The molecule has 2 N–H and O–H groups in total. The number of methoxy groups -OCH3 is 1. The Hall–Kier alpha value is -3.17. The minimum atomic E-state index is -0.786. The Morgan fingerprint density at radius 2 is 1.97 bits per heavy atom. The first-order valence-corrected chi connectivity index (χ1v) is 9.78. The van der Waals surface area contributed by atoms with Gasteiger partial charge in [-0.2, -0.15) is 0 Å². The van der Waals surface area contributed by atoms with Gasteiger partial charge in [-0.15, -0.1) is 0 Å². The summed E-state index contributed by atoms with van der Waals surface area (Å²) in [4.78, 5) is 46.4. The van der Waals surface area contributed by atoms with E-state index in [0.29, 0.717) is 11.8 Å². The standard InChI is InChI=1S/C20H27N3O7/c1-12-5-4-6-15(13(12)2)22-18(24)11-30-19(25)10-21-20(26)14-7-8-17(29-3)16(9-14)23(27)28/h7-9,12-13,15H,4-6,10-11H2,1-3H3,(H,21,26)(H,22,24)/t12-,13-,15+/m1/s1. The maximum atomic E-state index is 12.1. The van der Waals surface area contributed by atoms with Gasteiger partial charge < -0.3 is 20.1 Å². The summed E-state index contributed by atoms with van der Waals surface area (Å²) in [7, 11) is 1.28. The molecular weight excluding hydrogens is 394 g/mol. The molecule has 0 aliphatic heterocycles. The van der Waals surface area contributed by atoms with E-state index in [-0.39, 0.29) is 28.9 Å². The van der Waals surface area contributed by atoms with Crippen LogP contribution in [-0.2, 0) is 14.3 Å². The molecule has 10 heteroatoms. The van der Waals surface area contributed by atoms with Crippen LogP contribution >= 0.6 is 0 Å². The average molecular weight is 421 g/mol. The zero-order chi connectivity index (χ0) is 22.3. The first kappa shape index (κ1) is 23.1. The molecule has 30 heavy (non-hydrogen) atoms. The average Bonchev–Trinajstić information content (AvgIpc) is 2.73. The predicted octanol–water partition coefficient (Wildman–Crippen LogP) is 1.82. The molecular formula is C20H27N3O7. The normalized spacial score (nSPS) is 20.7. The van der Waals surface area contributed by atoms with Crippen LogP contribution in [0, 0.1) is 22.0 Å². The van der Waals surface area contributed by atoms with Crippen molar-refractivity contribution in [3.63, 3.8) is 0 Å². The van der Waals surface area contributed by atoms with Crippen molar-refractivity contribution in [3.05, 3.63) is 33.9 Å². The maximum Gasteiger partial charge on any atom is 0.325 e. The molecule has 0 radical (unpaired) electrons. The summed E-state index contributed by atoms with van der Waals surface area (Å²) < 4.78 is 9.77.